The lowest BCUT2D eigenvalue weighted by atomic mass is 9.92. The monoisotopic (exact) mass is 234 g/mol. The van der Waals surface area contributed by atoms with Crippen molar-refractivity contribution in [2.24, 2.45) is 0 Å². The van der Waals surface area contributed by atoms with Crippen LogP contribution in [0.4, 0.5) is 0 Å². The summed E-state index contributed by atoms with van der Waals surface area (Å²) >= 11 is 0. The summed E-state index contributed by atoms with van der Waals surface area (Å²) in [6.07, 6.45) is 3.62. The summed E-state index contributed by atoms with van der Waals surface area (Å²) in [6.45, 7) is 4.58. The average Bonchev–Trinajstić information content (AvgIpc) is 2.39. The molecular weight excluding hydrogens is 212 g/mol. The standard InChI is InChI=1S/C15H22O2/c1-3-13(14-9-6-5-7-10-14)11-8-12-17-15(16)4-2/h5-7,9-10,13H,3-4,8,11-12H2,1-2H3. The lowest BCUT2D eigenvalue weighted by molar-refractivity contribution is -0.143. The summed E-state index contributed by atoms with van der Waals surface area (Å²) < 4.78 is 5.08. The molecule has 0 spiro atoms. The van der Waals surface area contributed by atoms with Gasteiger partial charge in [0.2, 0.25) is 0 Å². The van der Waals surface area contributed by atoms with Gasteiger partial charge in [-0.25, -0.2) is 0 Å². The highest BCUT2D eigenvalue weighted by Crippen LogP contribution is 2.24. The maximum Gasteiger partial charge on any atom is 0.305 e. The van der Waals surface area contributed by atoms with Gasteiger partial charge in [0.05, 0.1) is 6.61 Å². The first-order chi connectivity index (χ1) is 8.27. The molecule has 2 heteroatoms. The Labute approximate surface area is 104 Å². The summed E-state index contributed by atoms with van der Waals surface area (Å²) in [6, 6.07) is 10.5. The van der Waals surface area contributed by atoms with Crippen LogP contribution in [0, 0.1) is 0 Å². The Hall–Kier alpha value is -1.31. The molecular formula is C15H22O2. The van der Waals surface area contributed by atoms with Gasteiger partial charge in [0.25, 0.3) is 0 Å². The van der Waals surface area contributed by atoms with Crippen molar-refractivity contribution in [2.75, 3.05) is 6.61 Å². The maximum atomic E-state index is 11.0. The molecule has 1 aromatic carbocycles. The number of esters is 1. The topological polar surface area (TPSA) is 26.3 Å². The first kappa shape index (κ1) is 13.8. The Morgan fingerprint density at radius 2 is 1.94 bits per heavy atom. The summed E-state index contributed by atoms with van der Waals surface area (Å²) in [4.78, 5) is 11.0. The van der Waals surface area contributed by atoms with Crippen LogP contribution in [0.2, 0.25) is 0 Å². The Morgan fingerprint density at radius 1 is 1.24 bits per heavy atom. The zero-order valence-corrected chi connectivity index (χ0v) is 10.8. The first-order valence-electron chi connectivity index (χ1n) is 6.48. The van der Waals surface area contributed by atoms with Crippen LogP contribution < -0.4 is 0 Å². The highest BCUT2D eigenvalue weighted by atomic mass is 16.5. The molecule has 17 heavy (non-hydrogen) atoms. The molecule has 0 aromatic heterocycles. The van der Waals surface area contributed by atoms with E-state index in [2.05, 4.69) is 31.2 Å². The third kappa shape index (κ3) is 5.03. The largest absolute Gasteiger partial charge is 0.466 e. The molecule has 94 valence electrons. The van der Waals surface area contributed by atoms with Crippen molar-refractivity contribution in [1.82, 2.24) is 0 Å². The van der Waals surface area contributed by atoms with Crippen LogP contribution in [0.1, 0.15) is 51.0 Å². The van der Waals surface area contributed by atoms with Crippen LogP contribution in [0.25, 0.3) is 0 Å². The highest BCUT2D eigenvalue weighted by molar-refractivity contribution is 5.68. The zero-order valence-electron chi connectivity index (χ0n) is 10.8. The zero-order chi connectivity index (χ0) is 12.5. The molecule has 1 aromatic rings. The van der Waals surface area contributed by atoms with E-state index in [-0.39, 0.29) is 5.97 Å². The minimum absolute atomic E-state index is 0.0993. The highest BCUT2D eigenvalue weighted by Gasteiger charge is 2.08. The van der Waals surface area contributed by atoms with Crippen LogP contribution in [-0.4, -0.2) is 12.6 Å². The number of hydrogen-bond acceptors (Lipinski definition) is 2. The molecule has 0 saturated carbocycles. The van der Waals surface area contributed by atoms with Crippen molar-refractivity contribution >= 4 is 5.97 Å². The van der Waals surface area contributed by atoms with Crippen LogP contribution in [0.15, 0.2) is 30.3 Å². The van der Waals surface area contributed by atoms with Crippen molar-refractivity contribution in [3.63, 3.8) is 0 Å². The third-order valence-electron chi connectivity index (χ3n) is 3.01. The molecule has 0 aliphatic rings. The van der Waals surface area contributed by atoms with Gasteiger partial charge in [-0.1, -0.05) is 44.2 Å². The first-order valence-corrected chi connectivity index (χ1v) is 6.48. The summed E-state index contributed by atoms with van der Waals surface area (Å²) in [5, 5.41) is 0. The van der Waals surface area contributed by atoms with Crippen LogP contribution in [0.3, 0.4) is 0 Å². The lowest BCUT2D eigenvalue weighted by Crippen LogP contribution is -2.05. The molecule has 0 aliphatic heterocycles. The molecule has 0 saturated heterocycles. The van der Waals surface area contributed by atoms with E-state index in [1.807, 2.05) is 13.0 Å². The van der Waals surface area contributed by atoms with Gasteiger partial charge in [-0.3, -0.25) is 4.79 Å². The van der Waals surface area contributed by atoms with Crippen LogP contribution in [-0.2, 0) is 9.53 Å². The molecule has 0 heterocycles. The fourth-order valence-corrected chi connectivity index (χ4v) is 1.95. The maximum absolute atomic E-state index is 11.0. The molecule has 0 N–H and O–H groups in total. The summed E-state index contributed by atoms with van der Waals surface area (Å²) in [5.74, 6) is 0.481. The van der Waals surface area contributed by atoms with Gasteiger partial charge < -0.3 is 4.74 Å². The Bertz CT molecular complexity index is 319. The van der Waals surface area contributed by atoms with Crippen molar-refractivity contribution in [2.45, 2.75) is 45.4 Å². The summed E-state index contributed by atoms with van der Waals surface area (Å²) in [7, 11) is 0. The number of carbonyl (C=O) groups excluding carboxylic acids is 1. The second-order valence-corrected chi connectivity index (χ2v) is 4.23. The molecule has 2 nitrogen and oxygen atoms in total. The van der Waals surface area contributed by atoms with Gasteiger partial charge in [-0.05, 0) is 30.7 Å². The van der Waals surface area contributed by atoms with Crippen molar-refractivity contribution in [3.8, 4) is 0 Å². The smallest absolute Gasteiger partial charge is 0.305 e. The van der Waals surface area contributed by atoms with E-state index in [0.717, 1.165) is 19.3 Å². The van der Waals surface area contributed by atoms with E-state index in [4.69, 9.17) is 4.74 Å². The Kier molecular flexibility index (Phi) is 6.38. The average molecular weight is 234 g/mol. The molecule has 1 rings (SSSR count). The normalized spacial score (nSPS) is 12.1. The van der Waals surface area contributed by atoms with Gasteiger partial charge >= 0.3 is 5.97 Å². The molecule has 0 fully saturated rings. The predicted octanol–water partition coefficient (Wildman–Crippen LogP) is 3.91. The van der Waals surface area contributed by atoms with Gasteiger partial charge in [0.1, 0.15) is 0 Å². The van der Waals surface area contributed by atoms with Gasteiger partial charge in [-0.2, -0.15) is 0 Å². The van der Waals surface area contributed by atoms with E-state index >= 15 is 0 Å². The fourth-order valence-electron chi connectivity index (χ4n) is 1.95. The Morgan fingerprint density at radius 3 is 2.53 bits per heavy atom. The van der Waals surface area contributed by atoms with Gasteiger partial charge in [0, 0.05) is 6.42 Å². The van der Waals surface area contributed by atoms with Crippen molar-refractivity contribution in [3.05, 3.63) is 35.9 Å². The van der Waals surface area contributed by atoms with Crippen molar-refractivity contribution in [1.29, 1.82) is 0 Å². The van der Waals surface area contributed by atoms with Crippen molar-refractivity contribution < 1.29 is 9.53 Å². The molecule has 0 bridgehead atoms. The summed E-state index contributed by atoms with van der Waals surface area (Å²) in [5.41, 5.74) is 1.39. The van der Waals surface area contributed by atoms with E-state index in [0.29, 0.717) is 18.9 Å². The second-order valence-electron chi connectivity index (χ2n) is 4.23. The molecule has 1 unspecified atom stereocenters. The molecule has 1 atom stereocenters. The second kappa shape index (κ2) is 7.88. The SMILES string of the molecule is CCC(=O)OCCCC(CC)c1ccccc1. The Balaban J connectivity index is 2.31. The van der Waals surface area contributed by atoms with E-state index in [1.54, 1.807) is 0 Å². The molecule has 0 amide bonds. The lowest BCUT2D eigenvalue weighted by Gasteiger charge is -2.15. The van der Waals surface area contributed by atoms with Crippen LogP contribution >= 0.6 is 0 Å². The quantitative estimate of drug-likeness (QED) is 0.528. The number of carbonyl (C=O) groups is 1. The third-order valence-corrected chi connectivity index (χ3v) is 3.01. The van der Waals surface area contributed by atoms with Gasteiger partial charge in [0.15, 0.2) is 0 Å². The van der Waals surface area contributed by atoms with E-state index < -0.39 is 0 Å². The number of hydrogen-bond donors (Lipinski definition) is 0. The number of benzene rings is 1. The number of ether oxygens (including phenoxy) is 1. The minimum atomic E-state index is -0.0993. The predicted molar refractivity (Wildman–Crippen MR) is 70.0 cm³/mol. The molecule has 0 radical (unpaired) electrons. The van der Waals surface area contributed by atoms with Gasteiger partial charge in [-0.15, -0.1) is 0 Å². The van der Waals surface area contributed by atoms with E-state index in [1.165, 1.54) is 5.56 Å². The molecule has 0 aliphatic carbocycles. The minimum Gasteiger partial charge on any atom is -0.466 e. The van der Waals surface area contributed by atoms with Crippen LogP contribution in [0.5, 0.6) is 0 Å². The van der Waals surface area contributed by atoms with E-state index in [9.17, 15) is 4.79 Å². The fraction of sp³-hybridized carbons (Fsp3) is 0.533. The number of rotatable bonds is 7.